The average Bonchev–Trinajstić information content (AvgIpc) is 2.94. The Labute approximate surface area is 235 Å². The first kappa shape index (κ1) is 28.7. The molecule has 12 heteroatoms. The Morgan fingerprint density at radius 2 is 1.60 bits per heavy atom. The van der Waals surface area contributed by atoms with Crippen LogP contribution in [0.3, 0.4) is 0 Å². The number of benzene rings is 2. The number of likely N-dealkylation sites (tertiary alicyclic amines) is 2. The van der Waals surface area contributed by atoms with Gasteiger partial charge in [0.05, 0.1) is 29.8 Å². The number of alkyl halides is 3. The quantitative estimate of drug-likeness (QED) is 0.545. The van der Waals surface area contributed by atoms with E-state index in [1.54, 1.807) is 17.0 Å². The maximum atomic E-state index is 13.9. The van der Waals surface area contributed by atoms with E-state index in [4.69, 9.17) is 16.3 Å². The Bertz CT molecular complexity index is 1210. The van der Waals surface area contributed by atoms with Crippen LogP contribution >= 0.6 is 11.6 Å². The fourth-order valence-corrected chi connectivity index (χ4v) is 5.86. The van der Waals surface area contributed by atoms with Crippen LogP contribution in [0.25, 0.3) is 0 Å². The largest absolute Gasteiger partial charge is 0.430 e. The van der Waals surface area contributed by atoms with Gasteiger partial charge in [-0.2, -0.15) is 13.2 Å². The molecule has 8 nitrogen and oxygen atoms in total. The molecule has 0 bridgehead atoms. The zero-order chi connectivity index (χ0) is 28.5. The maximum Gasteiger partial charge on any atom is 0.430 e. The number of aliphatic hydroxyl groups is 1. The third-order valence-electron chi connectivity index (χ3n) is 7.96. The predicted octanol–water partition coefficient (Wildman–Crippen LogP) is 3.35. The first-order chi connectivity index (χ1) is 19.1. The van der Waals surface area contributed by atoms with Gasteiger partial charge in [0.1, 0.15) is 0 Å². The lowest BCUT2D eigenvalue weighted by atomic mass is 9.89. The van der Waals surface area contributed by atoms with Gasteiger partial charge in [0.15, 0.2) is 0 Å². The van der Waals surface area contributed by atoms with Gasteiger partial charge in [-0.15, -0.1) is 0 Å². The summed E-state index contributed by atoms with van der Waals surface area (Å²) in [4.78, 5) is 30.8. The van der Waals surface area contributed by atoms with E-state index in [-0.39, 0.29) is 31.1 Å². The third-order valence-corrected chi connectivity index (χ3v) is 8.27. The number of amides is 2. The van der Waals surface area contributed by atoms with Crippen molar-refractivity contribution in [1.29, 1.82) is 0 Å². The molecule has 1 atom stereocenters. The van der Waals surface area contributed by atoms with E-state index in [1.807, 2.05) is 6.07 Å². The summed E-state index contributed by atoms with van der Waals surface area (Å²) < 4.78 is 47.0. The van der Waals surface area contributed by atoms with Crippen molar-refractivity contribution in [3.05, 3.63) is 64.7 Å². The van der Waals surface area contributed by atoms with Crippen LogP contribution in [0.2, 0.25) is 5.02 Å². The summed E-state index contributed by atoms with van der Waals surface area (Å²) in [6, 6.07) is 12.1. The molecule has 3 saturated heterocycles. The smallest absolute Gasteiger partial charge is 0.380 e. The van der Waals surface area contributed by atoms with Gasteiger partial charge in [-0.05, 0) is 31.0 Å². The first-order valence-corrected chi connectivity index (χ1v) is 13.8. The number of nitrogens with zero attached hydrogens (tertiary/aromatic N) is 3. The number of hydrogen-bond donors (Lipinski definition) is 2. The molecule has 5 rings (SSSR count). The summed E-state index contributed by atoms with van der Waals surface area (Å²) in [5.74, 6) is -1.45. The highest BCUT2D eigenvalue weighted by molar-refractivity contribution is 6.34. The van der Waals surface area contributed by atoms with Crippen molar-refractivity contribution < 1.29 is 32.6 Å². The number of piperidine rings is 1. The Morgan fingerprint density at radius 3 is 2.20 bits per heavy atom. The summed E-state index contributed by atoms with van der Waals surface area (Å²) in [7, 11) is 0. The van der Waals surface area contributed by atoms with E-state index in [2.05, 4.69) is 10.2 Å². The van der Waals surface area contributed by atoms with Crippen molar-refractivity contribution in [1.82, 2.24) is 14.7 Å². The molecule has 2 aromatic rings. The van der Waals surface area contributed by atoms with E-state index in [0.717, 1.165) is 35.8 Å². The monoisotopic (exact) mass is 580 g/mol. The molecule has 3 aliphatic rings. The van der Waals surface area contributed by atoms with Gasteiger partial charge >= 0.3 is 6.18 Å². The molecule has 2 N–H and O–H groups in total. The van der Waals surface area contributed by atoms with Crippen molar-refractivity contribution in [2.45, 2.75) is 36.7 Å². The average molecular weight is 581 g/mol. The molecule has 0 spiro atoms. The highest BCUT2D eigenvalue weighted by atomic mass is 35.5. The zero-order valence-corrected chi connectivity index (χ0v) is 22.6. The van der Waals surface area contributed by atoms with Crippen molar-refractivity contribution in [2.24, 2.45) is 0 Å². The standard InChI is InChI=1S/C28H32ClF3N4O4/c29-24-16-20(6-7-23(24)25(37)34-12-14-40-15-13-34)33-21-17-36(18-21)22-8-10-35(11-9-22)26(38)27(39,28(30,31)32)19-4-2-1-3-5-19/h1-7,16,21-22,33,39H,8-15,17-18H2/t27-/m0/s1. The Morgan fingerprint density at radius 1 is 0.950 bits per heavy atom. The topological polar surface area (TPSA) is 85.4 Å². The Balaban J connectivity index is 1.12. The van der Waals surface area contributed by atoms with Crippen LogP contribution in [-0.2, 0) is 15.1 Å². The number of nitrogens with one attached hydrogen (secondary N) is 1. The lowest BCUT2D eigenvalue weighted by Gasteiger charge is -2.48. The number of halogens is 4. The summed E-state index contributed by atoms with van der Waals surface area (Å²) in [6.45, 7) is 3.85. The molecule has 2 amide bonds. The highest BCUT2D eigenvalue weighted by Gasteiger charge is 2.62. The molecule has 0 aromatic heterocycles. The highest BCUT2D eigenvalue weighted by Crippen LogP contribution is 2.41. The van der Waals surface area contributed by atoms with Crippen molar-refractivity contribution >= 4 is 29.1 Å². The molecule has 0 aliphatic carbocycles. The molecule has 40 heavy (non-hydrogen) atoms. The maximum absolute atomic E-state index is 13.9. The van der Waals surface area contributed by atoms with Crippen molar-refractivity contribution in [2.75, 3.05) is 57.8 Å². The molecule has 216 valence electrons. The van der Waals surface area contributed by atoms with Gasteiger partial charge in [-0.1, -0.05) is 41.9 Å². The zero-order valence-electron chi connectivity index (χ0n) is 21.9. The SMILES string of the molecule is O=C(c1ccc(NC2CN(C3CCN(C(=O)[C@@](O)(c4ccccc4)C(F)(F)F)CC3)C2)cc1Cl)N1CCOCC1. The van der Waals surface area contributed by atoms with E-state index in [0.29, 0.717) is 49.7 Å². The third kappa shape index (κ3) is 5.65. The predicted molar refractivity (Wildman–Crippen MR) is 143 cm³/mol. The number of anilines is 1. The van der Waals surface area contributed by atoms with E-state index in [1.165, 1.54) is 18.2 Å². The van der Waals surface area contributed by atoms with E-state index >= 15 is 0 Å². The van der Waals surface area contributed by atoms with Crippen LogP contribution < -0.4 is 5.32 Å². The number of ether oxygens (including phenoxy) is 1. The molecule has 2 aromatic carbocycles. The second-order valence-corrected chi connectivity index (χ2v) is 10.9. The summed E-state index contributed by atoms with van der Waals surface area (Å²) in [5.41, 5.74) is -2.79. The van der Waals surface area contributed by atoms with Crippen LogP contribution in [0.15, 0.2) is 48.5 Å². The lowest BCUT2D eigenvalue weighted by Crippen LogP contribution is -2.62. The van der Waals surface area contributed by atoms with Gasteiger partial charge in [0.25, 0.3) is 17.4 Å². The minimum absolute atomic E-state index is 0.114. The molecule has 3 fully saturated rings. The number of morpholine rings is 1. The van der Waals surface area contributed by atoms with Gasteiger partial charge in [0, 0.05) is 56.6 Å². The summed E-state index contributed by atoms with van der Waals surface area (Å²) in [6.07, 6.45) is -4.10. The van der Waals surface area contributed by atoms with Gasteiger partial charge in [0.2, 0.25) is 0 Å². The first-order valence-electron chi connectivity index (χ1n) is 13.4. The summed E-state index contributed by atoms with van der Waals surface area (Å²) in [5, 5.41) is 14.4. The number of carbonyl (C=O) groups excluding carboxylic acids is 2. The molecule has 3 heterocycles. The van der Waals surface area contributed by atoms with Crippen LogP contribution in [0.4, 0.5) is 18.9 Å². The van der Waals surface area contributed by atoms with Crippen LogP contribution in [0, 0.1) is 0 Å². The molecule has 0 radical (unpaired) electrons. The minimum atomic E-state index is -5.14. The minimum Gasteiger partial charge on any atom is -0.380 e. The second-order valence-electron chi connectivity index (χ2n) is 10.5. The van der Waals surface area contributed by atoms with Gasteiger partial charge in [-0.25, -0.2) is 0 Å². The molecule has 0 saturated carbocycles. The van der Waals surface area contributed by atoms with E-state index < -0.39 is 23.2 Å². The van der Waals surface area contributed by atoms with Crippen molar-refractivity contribution in [3.63, 3.8) is 0 Å². The lowest BCUT2D eigenvalue weighted by molar-refractivity contribution is -0.262. The number of carbonyl (C=O) groups is 2. The molecular formula is C28H32ClF3N4O4. The van der Waals surface area contributed by atoms with Gasteiger partial charge < -0.3 is 25.0 Å². The fourth-order valence-electron chi connectivity index (χ4n) is 5.60. The number of hydrogen-bond acceptors (Lipinski definition) is 6. The summed E-state index contributed by atoms with van der Waals surface area (Å²) >= 11 is 6.43. The molecule has 3 aliphatic heterocycles. The second kappa shape index (κ2) is 11.6. The van der Waals surface area contributed by atoms with Crippen molar-refractivity contribution in [3.8, 4) is 0 Å². The van der Waals surface area contributed by atoms with Gasteiger partial charge in [-0.3, -0.25) is 14.5 Å². The Kier molecular flexibility index (Phi) is 8.28. The Hall–Kier alpha value is -2.86. The number of rotatable bonds is 6. The van der Waals surface area contributed by atoms with E-state index in [9.17, 15) is 27.9 Å². The van der Waals surface area contributed by atoms with Crippen LogP contribution in [-0.4, -0.2) is 102 Å². The molecule has 0 unspecified atom stereocenters. The fraction of sp³-hybridized carbons (Fsp3) is 0.500. The molecular weight excluding hydrogens is 549 g/mol. The normalized spacial score (nSPS) is 21.0. The van der Waals surface area contributed by atoms with Crippen LogP contribution in [0.1, 0.15) is 28.8 Å². The van der Waals surface area contributed by atoms with Crippen LogP contribution in [0.5, 0.6) is 0 Å².